The number of rotatable bonds is 4. The van der Waals surface area contributed by atoms with Crippen LogP contribution in [0.1, 0.15) is 54.8 Å². The number of carboxylic acid groups (broad SMARTS) is 1. The lowest BCUT2D eigenvalue weighted by molar-refractivity contribution is -0.157. The number of carbonyl (C=O) groups is 1. The number of ether oxygens (including phenoxy) is 2. The summed E-state index contributed by atoms with van der Waals surface area (Å²) in [5.74, 6) is -1.04. The third kappa shape index (κ3) is 3.54. The molecule has 2 aromatic carbocycles. The summed E-state index contributed by atoms with van der Waals surface area (Å²) in [4.78, 5) is 12.0. The number of nitrogens with zero attached hydrogens (tertiary/aromatic N) is 2. The fraction of sp³-hybridized carbons (Fsp3) is 0.407. The van der Waals surface area contributed by atoms with E-state index in [1.165, 1.54) is 6.07 Å². The Labute approximate surface area is 201 Å². The SMILES string of the molecule is Cc1cc(-n2c(C3CCOCC3)c(C3CO[C@@](C)(C(=O)O)C3)c3cc4[nH]ncc4cc32)ccc1F. The zero-order chi connectivity index (χ0) is 24.3. The number of benzene rings is 2. The molecule has 2 atom stereocenters. The van der Waals surface area contributed by atoms with Gasteiger partial charge in [-0.05, 0) is 74.6 Å². The van der Waals surface area contributed by atoms with E-state index in [0.29, 0.717) is 31.8 Å². The van der Waals surface area contributed by atoms with Gasteiger partial charge in [0.2, 0.25) is 0 Å². The second-order valence-electron chi connectivity index (χ2n) is 10.0. The van der Waals surface area contributed by atoms with E-state index in [2.05, 4.69) is 26.9 Å². The zero-order valence-electron chi connectivity index (χ0n) is 19.8. The van der Waals surface area contributed by atoms with Crippen molar-refractivity contribution < 1.29 is 23.8 Å². The van der Waals surface area contributed by atoms with Gasteiger partial charge in [0.15, 0.2) is 5.60 Å². The highest BCUT2D eigenvalue weighted by molar-refractivity contribution is 5.99. The molecule has 6 rings (SSSR count). The van der Waals surface area contributed by atoms with Gasteiger partial charge in [0, 0.05) is 47.2 Å². The van der Waals surface area contributed by atoms with E-state index in [1.807, 2.05) is 12.1 Å². The molecule has 2 N–H and O–H groups in total. The van der Waals surface area contributed by atoms with Gasteiger partial charge in [0.05, 0.1) is 23.8 Å². The summed E-state index contributed by atoms with van der Waals surface area (Å²) < 4.78 is 28.1. The van der Waals surface area contributed by atoms with Crippen molar-refractivity contribution in [3.05, 3.63) is 59.2 Å². The average molecular weight is 478 g/mol. The van der Waals surface area contributed by atoms with Crippen molar-refractivity contribution in [3.63, 3.8) is 0 Å². The number of aromatic amines is 1. The van der Waals surface area contributed by atoms with Gasteiger partial charge in [-0.3, -0.25) is 5.10 Å². The van der Waals surface area contributed by atoms with Crippen molar-refractivity contribution in [1.29, 1.82) is 0 Å². The molecule has 2 aliphatic heterocycles. The molecule has 182 valence electrons. The van der Waals surface area contributed by atoms with Crippen molar-refractivity contribution in [2.45, 2.75) is 50.5 Å². The third-order valence-electron chi connectivity index (χ3n) is 7.71. The highest BCUT2D eigenvalue weighted by Gasteiger charge is 2.45. The Morgan fingerprint density at radius 3 is 2.74 bits per heavy atom. The first kappa shape index (κ1) is 22.2. The van der Waals surface area contributed by atoms with Gasteiger partial charge < -0.3 is 19.1 Å². The molecule has 2 aromatic heterocycles. The Hall–Kier alpha value is -3.23. The van der Waals surface area contributed by atoms with Gasteiger partial charge in [-0.25, -0.2) is 9.18 Å². The Balaban J connectivity index is 1.67. The van der Waals surface area contributed by atoms with Gasteiger partial charge >= 0.3 is 5.97 Å². The molecule has 4 heterocycles. The molecule has 4 aromatic rings. The average Bonchev–Trinajstić information content (AvgIpc) is 3.55. The minimum atomic E-state index is -1.23. The lowest BCUT2D eigenvalue weighted by atomic mass is 9.84. The summed E-state index contributed by atoms with van der Waals surface area (Å²) >= 11 is 0. The standard InChI is InChI=1S/C27H28FN3O4/c1-15-9-19(3-4-21(15)28)31-23-10-17-13-29-30-22(17)11-20(23)24(25(31)16-5-7-34-8-6-16)18-12-27(2,26(32)33)35-14-18/h3-4,9-11,13,16,18H,5-8,12,14H2,1-2H3,(H,29,30)(H,32,33)/t18?,27-/m1/s1. The van der Waals surface area contributed by atoms with Gasteiger partial charge in [-0.2, -0.15) is 5.10 Å². The third-order valence-corrected chi connectivity index (χ3v) is 7.71. The summed E-state index contributed by atoms with van der Waals surface area (Å²) in [6, 6.07) is 9.44. The molecule has 35 heavy (non-hydrogen) atoms. The number of hydrogen-bond acceptors (Lipinski definition) is 4. The summed E-state index contributed by atoms with van der Waals surface area (Å²) in [5.41, 5.74) is 4.44. The van der Waals surface area contributed by atoms with Crippen molar-refractivity contribution in [3.8, 4) is 5.69 Å². The molecule has 2 fully saturated rings. The number of nitrogens with one attached hydrogen (secondary N) is 1. The summed E-state index contributed by atoms with van der Waals surface area (Å²) in [6.07, 6.45) is 3.93. The number of halogens is 1. The van der Waals surface area contributed by atoms with Crippen molar-refractivity contribution in [2.75, 3.05) is 19.8 Å². The predicted molar refractivity (Wildman–Crippen MR) is 130 cm³/mol. The van der Waals surface area contributed by atoms with E-state index in [-0.39, 0.29) is 17.7 Å². The Morgan fingerprint density at radius 2 is 2.03 bits per heavy atom. The molecule has 0 aliphatic carbocycles. The molecule has 0 spiro atoms. The number of carboxylic acids is 1. The highest BCUT2D eigenvalue weighted by atomic mass is 19.1. The van der Waals surface area contributed by atoms with E-state index < -0.39 is 11.6 Å². The van der Waals surface area contributed by atoms with Crippen LogP contribution in [0.3, 0.4) is 0 Å². The fourth-order valence-electron chi connectivity index (χ4n) is 5.82. The normalized spacial score (nSPS) is 23.5. The van der Waals surface area contributed by atoms with Crippen LogP contribution in [0.4, 0.5) is 4.39 Å². The Morgan fingerprint density at radius 1 is 1.23 bits per heavy atom. The molecule has 0 saturated carbocycles. The minimum absolute atomic E-state index is 0.0837. The number of aliphatic carboxylic acids is 1. The van der Waals surface area contributed by atoms with Gasteiger partial charge in [0.25, 0.3) is 0 Å². The quantitative estimate of drug-likeness (QED) is 0.422. The van der Waals surface area contributed by atoms with Crippen LogP contribution >= 0.6 is 0 Å². The zero-order valence-corrected chi connectivity index (χ0v) is 19.8. The number of H-pyrrole nitrogens is 1. The Bertz CT molecular complexity index is 1450. The van der Waals surface area contributed by atoms with E-state index in [1.54, 1.807) is 20.0 Å². The second-order valence-corrected chi connectivity index (χ2v) is 10.0. The van der Waals surface area contributed by atoms with Crippen LogP contribution in [0.5, 0.6) is 0 Å². The minimum Gasteiger partial charge on any atom is -0.479 e. The molecular weight excluding hydrogens is 449 g/mol. The molecule has 2 aliphatic rings. The summed E-state index contributed by atoms with van der Waals surface area (Å²) in [6.45, 7) is 5.11. The predicted octanol–water partition coefficient (Wildman–Crippen LogP) is 5.20. The van der Waals surface area contributed by atoms with Crippen LogP contribution in [0.2, 0.25) is 0 Å². The van der Waals surface area contributed by atoms with Gasteiger partial charge in [-0.1, -0.05) is 0 Å². The van der Waals surface area contributed by atoms with E-state index in [4.69, 9.17) is 9.47 Å². The molecule has 7 nitrogen and oxygen atoms in total. The first-order valence-electron chi connectivity index (χ1n) is 12.1. The van der Waals surface area contributed by atoms with Crippen molar-refractivity contribution >= 4 is 27.8 Å². The fourth-order valence-corrected chi connectivity index (χ4v) is 5.82. The maximum absolute atomic E-state index is 14.3. The molecule has 1 unspecified atom stereocenters. The topological polar surface area (TPSA) is 89.4 Å². The molecule has 0 amide bonds. The second kappa shape index (κ2) is 8.17. The van der Waals surface area contributed by atoms with Crippen molar-refractivity contribution in [1.82, 2.24) is 14.8 Å². The summed E-state index contributed by atoms with van der Waals surface area (Å²) in [7, 11) is 0. The van der Waals surface area contributed by atoms with Gasteiger partial charge in [-0.15, -0.1) is 0 Å². The van der Waals surface area contributed by atoms with Crippen LogP contribution in [-0.4, -0.2) is 51.3 Å². The van der Waals surface area contributed by atoms with Crippen LogP contribution in [0.15, 0.2) is 36.5 Å². The Kier molecular flexibility index (Phi) is 5.19. The number of fused-ring (bicyclic) bond motifs is 2. The van der Waals surface area contributed by atoms with Crippen LogP contribution in [-0.2, 0) is 14.3 Å². The van der Waals surface area contributed by atoms with Crippen LogP contribution in [0.25, 0.3) is 27.5 Å². The smallest absolute Gasteiger partial charge is 0.335 e. The molecule has 8 heteroatoms. The number of hydrogen-bond donors (Lipinski definition) is 2. The van der Waals surface area contributed by atoms with E-state index in [9.17, 15) is 14.3 Å². The number of aryl methyl sites for hydroxylation is 1. The highest BCUT2D eigenvalue weighted by Crippen LogP contribution is 2.47. The van der Waals surface area contributed by atoms with E-state index in [0.717, 1.165) is 51.6 Å². The molecule has 0 radical (unpaired) electrons. The van der Waals surface area contributed by atoms with Crippen LogP contribution in [0, 0.1) is 12.7 Å². The van der Waals surface area contributed by atoms with E-state index >= 15 is 0 Å². The maximum atomic E-state index is 14.3. The molecule has 2 saturated heterocycles. The van der Waals surface area contributed by atoms with Crippen LogP contribution < -0.4 is 0 Å². The summed E-state index contributed by atoms with van der Waals surface area (Å²) in [5, 5.41) is 19.1. The molecular formula is C27H28FN3O4. The number of aromatic nitrogens is 3. The maximum Gasteiger partial charge on any atom is 0.335 e. The lowest BCUT2D eigenvalue weighted by Crippen LogP contribution is -2.34. The van der Waals surface area contributed by atoms with Gasteiger partial charge in [0.1, 0.15) is 5.82 Å². The monoisotopic (exact) mass is 477 g/mol. The van der Waals surface area contributed by atoms with Crippen molar-refractivity contribution in [2.24, 2.45) is 0 Å². The first-order valence-corrected chi connectivity index (χ1v) is 12.1. The first-order chi connectivity index (χ1) is 16.9. The molecule has 0 bridgehead atoms. The largest absolute Gasteiger partial charge is 0.479 e. The lowest BCUT2D eigenvalue weighted by Gasteiger charge is -2.27.